The summed E-state index contributed by atoms with van der Waals surface area (Å²) < 4.78 is 26.6. The fourth-order valence-electron chi connectivity index (χ4n) is 1.40. The van der Waals surface area contributed by atoms with E-state index in [4.69, 9.17) is 11.6 Å². The van der Waals surface area contributed by atoms with E-state index in [-0.39, 0.29) is 11.6 Å². The van der Waals surface area contributed by atoms with Crippen LogP contribution in [-0.4, -0.2) is 19.8 Å². The zero-order valence-corrected chi connectivity index (χ0v) is 11.7. The average Bonchev–Trinajstić information content (AvgIpc) is 2.29. The monoisotopic (exact) mass is 275 g/mol. The van der Waals surface area contributed by atoms with E-state index in [0.717, 1.165) is 5.56 Å². The summed E-state index contributed by atoms with van der Waals surface area (Å²) >= 11 is 5.79. The minimum atomic E-state index is -3.35. The molecule has 0 aliphatic carbocycles. The number of hydrogen-bond acceptors (Lipinski definition) is 2. The van der Waals surface area contributed by atoms with Crippen LogP contribution in [0.4, 0.5) is 0 Å². The van der Waals surface area contributed by atoms with Gasteiger partial charge in [0.1, 0.15) is 0 Å². The summed E-state index contributed by atoms with van der Waals surface area (Å²) in [4.78, 5) is 0. The molecule has 0 fully saturated rings. The molecule has 1 aromatic carbocycles. The largest absolute Gasteiger partial charge is 0.216 e. The summed E-state index contributed by atoms with van der Waals surface area (Å²) in [7, 11) is -3.35. The number of halogens is 1. The number of nitrogens with one attached hydrogen (secondary N) is 1. The van der Waals surface area contributed by atoms with E-state index in [0.29, 0.717) is 6.42 Å². The Morgan fingerprint density at radius 2 is 1.88 bits per heavy atom. The van der Waals surface area contributed by atoms with E-state index in [1.54, 1.807) is 12.1 Å². The third kappa shape index (κ3) is 4.66. The first kappa shape index (κ1) is 14.5. The van der Waals surface area contributed by atoms with Crippen LogP contribution >= 0.6 is 11.6 Å². The molecule has 5 heteroatoms. The maximum atomic E-state index is 12.0. The lowest BCUT2D eigenvalue weighted by molar-refractivity contribution is 0.444. The Kier molecular flexibility index (Phi) is 4.98. The first-order chi connectivity index (χ1) is 7.91. The van der Waals surface area contributed by atoms with Gasteiger partial charge < -0.3 is 0 Å². The maximum absolute atomic E-state index is 12.0. The van der Waals surface area contributed by atoms with Crippen molar-refractivity contribution in [2.45, 2.75) is 31.6 Å². The van der Waals surface area contributed by atoms with Gasteiger partial charge in [0.15, 0.2) is 0 Å². The Hall–Kier alpha value is -0.580. The van der Waals surface area contributed by atoms with Gasteiger partial charge in [0.2, 0.25) is 10.0 Å². The lowest BCUT2D eigenvalue weighted by atomic mass is 10.0. The molecule has 1 N–H and O–H groups in total. The van der Waals surface area contributed by atoms with Crippen molar-refractivity contribution in [3.05, 3.63) is 35.9 Å². The fraction of sp³-hybridized carbons (Fsp3) is 0.500. The third-order valence-corrected chi connectivity index (χ3v) is 4.78. The second-order valence-electron chi connectivity index (χ2n) is 4.39. The normalized spacial score (nSPS) is 15.5. The Bertz CT molecular complexity index is 441. The van der Waals surface area contributed by atoms with Gasteiger partial charge in [0, 0.05) is 11.4 Å². The van der Waals surface area contributed by atoms with Crippen LogP contribution < -0.4 is 4.72 Å². The second-order valence-corrected chi connectivity index (χ2v) is 6.38. The van der Waals surface area contributed by atoms with Gasteiger partial charge in [-0.15, -0.1) is 11.6 Å². The molecule has 0 radical (unpaired) electrons. The number of rotatable bonds is 6. The molecule has 0 saturated heterocycles. The summed E-state index contributed by atoms with van der Waals surface area (Å²) in [5.74, 6) is 0.248. The van der Waals surface area contributed by atoms with Crippen LogP contribution in [0, 0.1) is 0 Å². The molecule has 0 spiro atoms. The van der Waals surface area contributed by atoms with E-state index in [1.807, 2.05) is 32.0 Å². The highest BCUT2D eigenvalue weighted by Gasteiger charge is 2.27. The van der Waals surface area contributed by atoms with Crippen molar-refractivity contribution in [2.75, 3.05) is 5.88 Å². The number of sulfonamides is 1. The number of benzene rings is 1. The third-order valence-electron chi connectivity index (χ3n) is 2.68. The highest BCUT2D eigenvalue weighted by molar-refractivity contribution is 7.88. The molecule has 1 unspecified atom stereocenters. The zero-order valence-electron chi connectivity index (χ0n) is 10.1. The molecule has 96 valence electrons. The van der Waals surface area contributed by atoms with E-state index < -0.39 is 15.6 Å². The van der Waals surface area contributed by atoms with Crippen LogP contribution in [0.5, 0.6) is 0 Å². The van der Waals surface area contributed by atoms with Gasteiger partial charge in [0.25, 0.3) is 0 Å². The van der Waals surface area contributed by atoms with E-state index in [1.165, 1.54) is 0 Å². The standard InChI is InChI=1S/C12H18ClNO2S/c1-3-12(2,10-13)14-17(15,16)9-11-7-5-4-6-8-11/h4-8,14H,3,9-10H2,1-2H3. The molecule has 1 aromatic rings. The van der Waals surface area contributed by atoms with Crippen LogP contribution in [-0.2, 0) is 15.8 Å². The molecule has 0 bridgehead atoms. The Labute approximate surface area is 108 Å². The van der Waals surface area contributed by atoms with Crippen molar-refractivity contribution in [2.24, 2.45) is 0 Å². The van der Waals surface area contributed by atoms with Crippen molar-refractivity contribution in [3.8, 4) is 0 Å². The van der Waals surface area contributed by atoms with Crippen molar-refractivity contribution < 1.29 is 8.42 Å². The minimum absolute atomic E-state index is 0.0136. The Morgan fingerprint density at radius 3 is 2.35 bits per heavy atom. The summed E-state index contributed by atoms with van der Waals surface area (Å²) in [6.07, 6.45) is 0.657. The maximum Gasteiger partial charge on any atom is 0.216 e. The molecule has 0 aliphatic heterocycles. The second kappa shape index (κ2) is 5.85. The average molecular weight is 276 g/mol. The molecule has 0 amide bonds. The molecular formula is C12H18ClNO2S. The van der Waals surface area contributed by atoms with Crippen LogP contribution in [0.15, 0.2) is 30.3 Å². The topological polar surface area (TPSA) is 46.2 Å². The fourth-order valence-corrected chi connectivity index (χ4v) is 3.40. The predicted molar refractivity (Wildman–Crippen MR) is 71.6 cm³/mol. The summed E-state index contributed by atoms with van der Waals surface area (Å²) in [5, 5.41) is 0. The Morgan fingerprint density at radius 1 is 1.29 bits per heavy atom. The molecule has 1 atom stereocenters. The van der Waals surface area contributed by atoms with Crippen molar-refractivity contribution in [1.82, 2.24) is 4.72 Å². The summed E-state index contributed by atoms with van der Waals surface area (Å²) in [5.41, 5.74) is 0.197. The number of alkyl halides is 1. The molecule has 3 nitrogen and oxygen atoms in total. The summed E-state index contributed by atoms with van der Waals surface area (Å²) in [6, 6.07) is 9.10. The van der Waals surface area contributed by atoms with Gasteiger partial charge in [-0.3, -0.25) is 0 Å². The first-order valence-corrected chi connectivity index (χ1v) is 7.71. The summed E-state index contributed by atoms with van der Waals surface area (Å²) in [6.45, 7) is 3.72. The highest BCUT2D eigenvalue weighted by Crippen LogP contribution is 2.14. The smallest absolute Gasteiger partial charge is 0.212 e. The number of hydrogen-bond donors (Lipinski definition) is 1. The quantitative estimate of drug-likeness (QED) is 0.811. The van der Waals surface area contributed by atoms with Crippen LogP contribution in [0.3, 0.4) is 0 Å². The van der Waals surface area contributed by atoms with Crippen molar-refractivity contribution in [1.29, 1.82) is 0 Å². The predicted octanol–water partition coefficient (Wildman–Crippen LogP) is 2.51. The van der Waals surface area contributed by atoms with Gasteiger partial charge in [-0.05, 0) is 18.9 Å². The highest BCUT2D eigenvalue weighted by atomic mass is 35.5. The first-order valence-electron chi connectivity index (χ1n) is 5.52. The van der Waals surface area contributed by atoms with Gasteiger partial charge in [0.05, 0.1) is 5.75 Å². The molecule has 17 heavy (non-hydrogen) atoms. The van der Waals surface area contributed by atoms with Gasteiger partial charge >= 0.3 is 0 Å². The molecule has 0 aromatic heterocycles. The molecule has 1 rings (SSSR count). The van der Waals surface area contributed by atoms with Crippen LogP contribution in [0.1, 0.15) is 25.8 Å². The molecule has 0 aliphatic rings. The van der Waals surface area contributed by atoms with Crippen LogP contribution in [0.2, 0.25) is 0 Å². The van der Waals surface area contributed by atoms with E-state index in [9.17, 15) is 8.42 Å². The van der Waals surface area contributed by atoms with E-state index >= 15 is 0 Å². The molecule has 0 saturated carbocycles. The van der Waals surface area contributed by atoms with Crippen LogP contribution in [0.25, 0.3) is 0 Å². The lowest BCUT2D eigenvalue weighted by Crippen LogP contribution is -2.47. The zero-order chi connectivity index (χ0) is 12.9. The van der Waals surface area contributed by atoms with Crippen molar-refractivity contribution >= 4 is 21.6 Å². The van der Waals surface area contributed by atoms with Gasteiger partial charge in [-0.2, -0.15) is 0 Å². The minimum Gasteiger partial charge on any atom is -0.212 e. The molecular weight excluding hydrogens is 258 g/mol. The van der Waals surface area contributed by atoms with Crippen molar-refractivity contribution in [3.63, 3.8) is 0 Å². The Balaban J connectivity index is 2.77. The SMILES string of the molecule is CCC(C)(CCl)NS(=O)(=O)Cc1ccccc1. The molecule has 0 heterocycles. The van der Waals surface area contributed by atoms with Gasteiger partial charge in [-0.25, -0.2) is 13.1 Å². The lowest BCUT2D eigenvalue weighted by Gasteiger charge is -2.26. The van der Waals surface area contributed by atoms with E-state index in [2.05, 4.69) is 4.72 Å². The van der Waals surface area contributed by atoms with Gasteiger partial charge in [-0.1, -0.05) is 37.3 Å².